The van der Waals surface area contributed by atoms with Crippen molar-refractivity contribution < 1.29 is 0 Å². The topological polar surface area (TPSA) is 53.6 Å². The summed E-state index contributed by atoms with van der Waals surface area (Å²) in [6, 6.07) is 6.50. The van der Waals surface area contributed by atoms with Crippen LogP contribution in [0.25, 0.3) is 11.4 Å². The van der Waals surface area contributed by atoms with Gasteiger partial charge in [0.15, 0.2) is 0 Å². The molecule has 1 saturated heterocycles. The van der Waals surface area contributed by atoms with E-state index in [4.69, 9.17) is 0 Å². The Bertz CT molecular complexity index is 512. The van der Waals surface area contributed by atoms with Gasteiger partial charge in [-0.3, -0.25) is 4.98 Å². The number of pyridine rings is 1. The van der Waals surface area contributed by atoms with E-state index >= 15 is 0 Å². The Kier molecular flexibility index (Phi) is 3.11. The highest BCUT2D eigenvalue weighted by molar-refractivity contribution is 5.56. The minimum absolute atomic E-state index is 0.576. The molecule has 0 aromatic carbocycles. The molecule has 0 aliphatic carbocycles. The second kappa shape index (κ2) is 4.90. The lowest BCUT2D eigenvalue weighted by atomic mass is 10.1. The van der Waals surface area contributed by atoms with Crippen molar-refractivity contribution in [1.82, 2.24) is 20.3 Å². The SMILES string of the molecule is Cc1[nH]c(CC2CCCN2)nc1-c1ccccn1. The second-order valence-electron chi connectivity index (χ2n) is 4.87. The molecule has 2 N–H and O–H groups in total. The van der Waals surface area contributed by atoms with Crippen molar-refractivity contribution in [3.05, 3.63) is 35.9 Å². The predicted octanol–water partition coefficient (Wildman–Crippen LogP) is 2.07. The van der Waals surface area contributed by atoms with E-state index in [9.17, 15) is 0 Å². The zero-order chi connectivity index (χ0) is 12.4. The molecule has 1 atom stereocenters. The fourth-order valence-corrected chi connectivity index (χ4v) is 2.54. The van der Waals surface area contributed by atoms with Crippen molar-refractivity contribution in [3.8, 4) is 11.4 Å². The summed E-state index contributed by atoms with van der Waals surface area (Å²) in [6.07, 6.45) is 5.31. The van der Waals surface area contributed by atoms with E-state index in [2.05, 4.69) is 27.2 Å². The molecular formula is C14H18N4. The van der Waals surface area contributed by atoms with E-state index in [1.165, 1.54) is 12.8 Å². The Morgan fingerprint density at radius 3 is 3.06 bits per heavy atom. The molecule has 1 fully saturated rings. The molecule has 0 spiro atoms. The quantitative estimate of drug-likeness (QED) is 0.866. The number of imidazole rings is 1. The van der Waals surface area contributed by atoms with Gasteiger partial charge in [0.1, 0.15) is 11.5 Å². The molecule has 18 heavy (non-hydrogen) atoms. The van der Waals surface area contributed by atoms with Crippen molar-refractivity contribution >= 4 is 0 Å². The number of H-pyrrole nitrogens is 1. The van der Waals surface area contributed by atoms with Gasteiger partial charge in [0.25, 0.3) is 0 Å². The van der Waals surface area contributed by atoms with Crippen molar-refractivity contribution in [2.24, 2.45) is 0 Å². The summed E-state index contributed by atoms with van der Waals surface area (Å²) in [5.74, 6) is 1.06. The third-order valence-electron chi connectivity index (χ3n) is 3.44. The number of aryl methyl sites for hydroxylation is 1. The first-order valence-electron chi connectivity index (χ1n) is 6.53. The highest BCUT2D eigenvalue weighted by Crippen LogP contribution is 2.19. The summed E-state index contributed by atoms with van der Waals surface area (Å²) in [4.78, 5) is 12.4. The van der Waals surface area contributed by atoms with Gasteiger partial charge in [-0.25, -0.2) is 4.98 Å². The van der Waals surface area contributed by atoms with E-state index in [-0.39, 0.29) is 0 Å². The molecule has 0 amide bonds. The van der Waals surface area contributed by atoms with Crippen LogP contribution in [0.2, 0.25) is 0 Å². The Morgan fingerprint density at radius 2 is 2.33 bits per heavy atom. The van der Waals surface area contributed by atoms with Gasteiger partial charge in [-0.15, -0.1) is 0 Å². The maximum atomic E-state index is 4.69. The molecule has 4 heteroatoms. The Hall–Kier alpha value is -1.68. The van der Waals surface area contributed by atoms with Crippen molar-refractivity contribution in [3.63, 3.8) is 0 Å². The van der Waals surface area contributed by atoms with Crippen LogP contribution >= 0.6 is 0 Å². The van der Waals surface area contributed by atoms with E-state index in [0.717, 1.165) is 35.9 Å². The lowest BCUT2D eigenvalue weighted by Crippen LogP contribution is -2.24. The normalized spacial score (nSPS) is 19.3. The van der Waals surface area contributed by atoms with Gasteiger partial charge >= 0.3 is 0 Å². The maximum absolute atomic E-state index is 4.69. The molecule has 0 radical (unpaired) electrons. The molecule has 1 aliphatic rings. The predicted molar refractivity (Wildman–Crippen MR) is 71.3 cm³/mol. The number of aromatic nitrogens is 3. The Balaban J connectivity index is 1.82. The third-order valence-corrected chi connectivity index (χ3v) is 3.44. The van der Waals surface area contributed by atoms with E-state index < -0.39 is 0 Å². The van der Waals surface area contributed by atoms with Crippen LogP contribution in [0.1, 0.15) is 24.4 Å². The zero-order valence-electron chi connectivity index (χ0n) is 10.6. The summed E-state index contributed by atoms with van der Waals surface area (Å²) in [5, 5.41) is 3.50. The number of aromatic amines is 1. The molecule has 4 nitrogen and oxygen atoms in total. The highest BCUT2D eigenvalue weighted by atomic mass is 15.0. The number of hydrogen-bond donors (Lipinski definition) is 2. The zero-order valence-corrected chi connectivity index (χ0v) is 10.6. The van der Waals surface area contributed by atoms with Crippen molar-refractivity contribution in [2.45, 2.75) is 32.2 Å². The lowest BCUT2D eigenvalue weighted by molar-refractivity contribution is 0.588. The minimum Gasteiger partial charge on any atom is -0.345 e. The molecule has 0 bridgehead atoms. The molecule has 94 valence electrons. The molecular weight excluding hydrogens is 224 g/mol. The van der Waals surface area contributed by atoms with Gasteiger partial charge in [0.05, 0.1) is 5.69 Å². The van der Waals surface area contributed by atoms with Crippen molar-refractivity contribution in [1.29, 1.82) is 0 Å². The first-order valence-corrected chi connectivity index (χ1v) is 6.53. The fraction of sp³-hybridized carbons (Fsp3) is 0.429. The van der Waals surface area contributed by atoms with Gasteiger partial charge in [-0.05, 0) is 38.4 Å². The first-order chi connectivity index (χ1) is 8.83. The summed E-state index contributed by atoms with van der Waals surface area (Å²) >= 11 is 0. The summed E-state index contributed by atoms with van der Waals surface area (Å²) in [6.45, 7) is 3.19. The average Bonchev–Trinajstić information content (AvgIpc) is 3.01. The largest absolute Gasteiger partial charge is 0.345 e. The number of hydrogen-bond acceptors (Lipinski definition) is 3. The monoisotopic (exact) mass is 242 g/mol. The molecule has 1 unspecified atom stereocenters. The van der Waals surface area contributed by atoms with E-state index in [1.54, 1.807) is 0 Å². The molecule has 3 rings (SSSR count). The van der Waals surface area contributed by atoms with Gasteiger partial charge in [-0.2, -0.15) is 0 Å². The van der Waals surface area contributed by atoms with Crippen LogP contribution in [0, 0.1) is 6.92 Å². The highest BCUT2D eigenvalue weighted by Gasteiger charge is 2.17. The average molecular weight is 242 g/mol. The van der Waals surface area contributed by atoms with Crippen LogP contribution in [-0.2, 0) is 6.42 Å². The van der Waals surface area contributed by atoms with Crippen LogP contribution in [0.3, 0.4) is 0 Å². The minimum atomic E-state index is 0.576. The third kappa shape index (κ3) is 2.29. The van der Waals surface area contributed by atoms with E-state index in [0.29, 0.717) is 6.04 Å². The fourth-order valence-electron chi connectivity index (χ4n) is 2.54. The van der Waals surface area contributed by atoms with Crippen LogP contribution in [0.15, 0.2) is 24.4 Å². The summed E-state index contributed by atoms with van der Waals surface area (Å²) in [7, 11) is 0. The molecule has 1 aliphatic heterocycles. The van der Waals surface area contributed by atoms with Crippen LogP contribution in [-0.4, -0.2) is 27.5 Å². The number of nitrogens with one attached hydrogen (secondary N) is 2. The smallest absolute Gasteiger partial charge is 0.110 e. The lowest BCUT2D eigenvalue weighted by Gasteiger charge is -2.06. The van der Waals surface area contributed by atoms with Crippen LogP contribution in [0.5, 0.6) is 0 Å². The molecule has 3 heterocycles. The van der Waals surface area contributed by atoms with Gasteiger partial charge in [0, 0.05) is 24.4 Å². The molecule has 2 aromatic heterocycles. The van der Waals surface area contributed by atoms with E-state index in [1.807, 2.05) is 24.4 Å². The summed E-state index contributed by atoms with van der Waals surface area (Å²) in [5.41, 5.74) is 3.02. The summed E-state index contributed by atoms with van der Waals surface area (Å²) < 4.78 is 0. The standard InChI is InChI=1S/C14H18N4/c1-10-14(12-6-2-3-7-16-12)18-13(17-10)9-11-5-4-8-15-11/h2-3,6-7,11,15H,4-5,8-9H2,1H3,(H,17,18). The van der Waals surface area contributed by atoms with Gasteiger partial charge < -0.3 is 10.3 Å². The van der Waals surface area contributed by atoms with Gasteiger partial charge in [-0.1, -0.05) is 6.07 Å². The Morgan fingerprint density at radius 1 is 1.39 bits per heavy atom. The first kappa shape index (κ1) is 11.4. The van der Waals surface area contributed by atoms with Crippen molar-refractivity contribution in [2.75, 3.05) is 6.54 Å². The molecule has 0 saturated carbocycles. The maximum Gasteiger partial charge on any atom is 0.110 e. The molecule has 2 aromatic rings. The van der Waals surface area contributed by atoms with Crippen LogP contribution in [0.4, 0.5) is 0 Å². The number of rotatable bonds is 3. The Labute approximate surface area is 107 Å². The second-order valence-corrected chi connectivity index (χ2v) is 4.87. The number of nitrogens with zero attached hydrogens (tertiary/aromatic N) is 2. The van der Waals surface area contributed by atoms with Crippen LogP contribution < -0.4 is 5.32 Å². The van der Waals surface area contributed by atoms with Gasteiger partial charge in [0.2, 0.25) is 0 Å².